The monoisotopic (exact) mass is 306 g/mol. The largest absolute Gasteiger partial charge is 0.492 e. The molecule has 3 rings (SSSR count). The van der Waals surface area contributed by atoms with Crippen molar-refractivity contribution in [1.29, 1.82) is 0 Å². The maximum atomic E-state index is 5.75. The van der Waals surface area contributed by atoms with E-state index in [2.05, 4.69) is 36.3 Å². The third-order valence-electron chi connectivity index (χ3n) is 3.80. The molecule has 2 aromatic carbocycles. The lowest BCUT2D eigenvalue weighted by Gasteiger charge is -2.13. The zero-order chi connectivity index (χ0) is 16.1. The molecule has 0 N–H and O–H groups in total. The summed E-state index contributed by atoms with van der Waals surface area (Å²) in [6.07, 6.45) is 4.08. The molecule has 0 aliphatic rings. The van der Waals surface area contributed by atoms with E-state index in [1.165, 1.54) is 11.1 Å². The zero-order valence-electron chi connectivity index (χ0n) is 13.7. The third kappa shape index (κ3) is 3.29. The van der Waals surface area contributed by atoms with E-state index in [-0.39, 0.29) is 0 Å². The van der Waals surface area contributed by atoms with E-state index in [1.807, 2.05) is 48.1 Å². The Morgan fingerprint density at radius 2 is 1.87 bits per heavy atom. The van der Waals surface area contributed by atoms with Crippen molar-refractivity contribution in [2.75, 3.05) is 6.61 Å². The topological polar surface area (TPSA) is 27.1 Å². The fourth-order valence-electron chi connectivity index (χ4n) is 2.80. The number of rotatable bonds is 6. The maximum Gasteiger partial charge on any atom is 0.144 e. The molecule has 0 fully saturated rings. The second kappa shape index (κ2) is 7.14. The minimum atomic E-state index is 0.638. The smallest absolute Gasteiger partial charge is 0.144 e. The van der Waals surface area contributed by atoms with Crippen molar-refractivity contribution in [1.82, 2.24) is 9.78 Å². The minimum Gasteiger partial charge on any atom is -0.492 e. The van der Waals surface area contributed by atoms with E-state index in [0.29, 0.717) is 6.61 Å². The van der Waals surface area contributed by atoms with Gasteiger partial charge in [-0.05, 0) is 43.2 Å². The molecule has 0 saturated carbocycles. The van der Waals surface area contributed by atoms with Crippen LogP contribution in [0, 0.1) is 0 Å². The van der Waals surface area contributed by atoms with Gasteiger partial charge in [0.2, 0.25) is 0 Å². The predicted molar refractivity (Wildman–Crippen MR) is 94.2 cm³/mol. The maximum absolute atomic E-state index is 5.75. The fraction of sp³-hybridized carbons (Fsp3) is 0.250. The molecule has 0 spiro atoms. The minimum absolute atomic E-state index is 0.638. The molecule has 118 valence electrons. The van der Waals surface area contributed by atoms with Crippen LogP contribution in [-0.2, 0) is 6.42 Å². The summed E-state index contributed by atoms with van der Waals surface area (Å²) in [5.74, 6) is 0.852. The first-order valence-electron chi connectivity index (χ1n) is 8.19. The summed E-state index contributed by atoms with van der Waals surface area (Å²) in [6, 6.07) is 18.8. The van der Waals surface area contributed by atoms with E-state index in [9.17, 15) is 0 Å². The molecular weight excluding hydrogens is 284 g/mol. The van der Waals surface area contributed by atoms with Crippen molar-refractivity contribution in [3.8, 4) is 22.7 Å². The van der Waals surface area contributed by atoms with Gasteiger partial charge >= 0.3 is 0 Å². The summed E-state index contributed by atoms with van der Waals surface area (Å²) in [5.41, 5.74) is 4.58. The summed E-state index contributed by atoms with van der Waals surface area (Å²) in [7, 11) is 0. The number of nitrogens with zero attached hydrogens (tertiary/aromatic N) is 2. The van der Waals surface area contributed by atoms with Crippen LogP contribution in [0.1, 0.15) is 25.8 Å². The van der Waals surface area contributed by atoms with Gasteiger partial charge in [0, 0.05) is 5.56 Å². The molecule has 0 unspecified atom stereocenters. The van der Waals surface area contributed by atoms with Crippen LogP contribution in [0.3, 0.4) is 0 Å². The van der Waals surface area contributed by atoms with Crippen molar-refractivity contribution in [2.45, 2.75) is 26.7 Å². The molecule has 0 saturated heterocycles. The van der Waals surface area contributed by atoms with Crippen LogP contribution in [0.15, 0.2) is 60.8 Å². The summed E-state index contributed by atoms with van der Waals surface area (Å²) in [4.78, 5) is 0. The number of para-hydroxylation sites is 2. The van der Waals surface area contributed by atoms with Crippen LogP contribution in [0.2, 0.25) is 0 Å². The molecule has 3 aromatic rings. The molecule has 1 heterocycles. The van der Waals surface area contributed by atoms with Crippen molar-refractivity contribution in [2.24, 2.45) is 0 Å². The number of ether oxygens (including phenoxy) is 1. The lowest BCUT2D eigenvalue weighted by Crippen LogP contribution is -2.03. The van der Waals surface area contributed by atoms with Crippen LogP contribution in [0.5, 0.6) is 5.75 Å². The summed E-state index contributed by atoms with van der Waals surface area (Å²) in [6.45, 7) is 4.84. The average Bonchev–Trinajstić information content (AvgIpc) is 3.06. The van der Waals surface area contributed by atoms with Gasteiger partial charge in [-0.25, -0.2) is 4.68 Å². The van der Waals surface area contributed by atoms with Crippen molar-refractivity contribution in [3.05, 3.63) is 66.4 Å². The van der Waals surface area contributed by atoms with Gasteiger partial charge in [0.1, 0.15) is 11.4 Å². The molecule has 0 aliphatic carbocycles. The first kappa shape index (κ1) is 15.3. The molecule has 0 amide bonds. The molecule has 3 nitrogen and oxygen atoms in total. The Morgan fingerprint density at radius 1 is 1.00 bits per heavy atom. The molecule has 1 aromatic heterocycles. The number of hydrogen-bond donors (Lipinski definition) is 0. The third-order valence-corrected chi connectivity index (χ3v) is 3.80. The SMILES string of the molecule is CCCc1cccc(-c2ccnn2-c2ccccc2OCC)c1. The number of hydrogen-bond acceptors (Lipinski definition) is 2. The van der Waals surface area contributed by atoms with E-state index >= 15 is 0 Å². The summed E-state index contributed by atoms with van der Waals surface area (Å²) < 4.78 is 7.71. The highest BCUT2D eigenvalue weighted by Gasteiger charge is 2.12. The second-order valence-corrected chi connectivity index (χ2v) is 5.48. The molecular formula is C20H22N2O. The molecule has 0 radical (unpaired) electrons. The van der Waals surface area contributed by atoms with E-state index in [4.69, 9.17) is 4.74 Å². The molecule has 0 aliphatic heterocycles. The van der Waals surface area contributed by atoms with Crippen LogP contribution in [0.4, 0.5) is 0 Å². The van der Waals surface area contributed by atoms with Gasteiger partial charge in [-0.2, -0.15) is 5.10 Å². The Labute approximate surface area is 137 Å². The molecule has 0 atom stereocenters. The van der Waals surface area contributed by atoms with Gasteiger partial charge in [-0.3, -0.25) is 0 Å². The van der Waals surface area contributed by atoms with Gasteiger partial charge in [-0.15, -0.1) is 0 Å². The summed E-state index contributed by atoms with van der Waals surface area (Å²) in [5, 5.41) is 4.52. The van der Waals surface area contributed by atoms with Crippen LogP contribution < -0.4 is 4.74 Å². The van der Waals surface area contributed by atoms with Crippen LogP contribution in [-0.4, -0.2) is 16.4 Å². The average molecular weight is 306 g/mol. The van der Waals surface area contributed by atoms with Crippen molar-refractivity contribution < 1.29 is 4.74 Å². The summed E-state index contributed by atoms with van der Waals surface area (Å²) >= 11 is 0. The Balaban J connectivity index is 2.05. The normalized spacial score (nSPS) is 10.7. The highest BCUT2D eigenvalue weighted by molar-refractivity contribution is 5.64. The van der Waals surface area contributed by atoms with E-state index in [0.717, 1.165) is 30.0 Å². The number of aromatic nitrogens is 2. The zero-order valence-corrected chi connectivity index (χ0v) is 13.7. The Hall–Kier alpha value is -2.55. The first-order valence-corrected chi connectivity index (χ1v) is 8.19. The second-order valence-electron chi connectivity index (χ2n) is 5.48. The lowest BCUT2D eigenvalue weighted by molar-refractivity contribution is 0.338. The highest BCUT2D eigenvalue weighted by Crippen LogP contribution is 2.28. The number of benzene rings is 2. The predicted octanol–water partition coefficient (Wildman–Crippen LogP) is 4.89. The Bertz CT molecular complexity index is 777. The molecule has 23 heavy (non-hydrogen) atoms. The van der Waals surface area contributed by atoms with E-state index < -0.39 is 0 Å². The molecule has 3 heteroatoms. The number of aryl methyl sites for hydroxylation is 1. The van der Waals surface area contributed by atoms with Crippen molar-refractivity contribution >= 4 is 0 Å². The Morgan fingerprint density at radius 3 is 2.70 bits per heavy atom. The van der Waals surface area contributed by atoms with Gasteiger partial charge in [0.05, 0.1) is 18.5 Å². The van der Waals surface area contributed by atoms with Crippen LogP contribution in [0.25, 0.3) is 16.9 Å². The first-order chi connectivity index (χ1) is 11.3. The van der Waals surface area contributed by atoms with Crippen LogP contribution >= 0.6 is 0 Å². The lowest BCUT2D eigenvalue weighted by atomic mass is 10.0. The van der Waals surface area contributed by atoms with Crippen molar-refractivity contribution in [3.63, 3.8) is 0 Å². The fourth-order valence-corrected chi connectivity index (χ4v) is 2.80. The standard InChI is InChI=1S/C20H22N2O/c1-3-8-16-9-7-10-17(15-16)18-13-14-21-22(18)19-11-5-6-12-20(19)23-4-2/h5-7,9-15H,3-4,8H2,1-2H3. The van der Waals surface area contributed by atoms with E-state index in [1.54, 1.807) is 0 Å². The van der Waals surface area contributed by atoms with Gasteiger partial charge in [0.15, 0.2) is 0 Å². The molecule has 0 bridgehead atoms. The van der Waals surface area contributed by atoms with Gasteiger partial charge in [0.25, 0.3) is 0 Å². The highest BCUT2D eigenvalue weighted by atomic mass is 16.5. The van der Waals surface area contributed by atoms with Gasteiger partial charge in [-0.1, -0.05) is 43.7 Å². The van der Waals surface area contributed by atoms with Gasteiger partial charge < -0.3 is 4.74 Å². The quantitative estimate of drug-likeness (QED) is 0.648. The Kier molecular flexibility index (Phi) is 4.77.